The predicted octanol–water partition coefficient (Wildman–Crippen LogP) is 7.32. The van der Waals surface area contributed by atoms with E-state index in [0.29, 0.717) is 39.3 Å². The van der Waals surface area contributed by atoms with Gasteiger partial charge in [-0.3, -0.25) is 23.8 Å². The number of benzene rings is 1. The van der Waals surface area contributed by atoms with Crippen molar-refractivity contribution in [3.05, 3.63) is 95.3 Å². The van der Waals surface area contributed by atoms with Crippen LogP contribution in [0.3, 0.4) is 0 Å². The summed E-state index contributed by atoms with van der Waals surface area (Å²) >= 11 is 0. The standard InChI is InChI=1S/C18H26N4O4.C8H11F.C8H11N.2C2H6.CH3F/c1-14(9-15-5-4-6-16(25)8-7-15)22-17(10-19(2)12-23)21(13-24)20(3)11-18(22)26;1-7-3-2-4-8(9)6-5-7;1-9-7-8-5-3-2-4-6-8;3*1-2/h5-8,12-14,17,25H,4,9-11H2,1-3H3;3,5-6,8H,2,4H2,1H3;2-6,9H,7H2,1H3;2*1-2H3;1H3/t14-,17?;;;;;/m1...../s1. The molecule has 9 nitrogen and oxygen atoms in total. The van der Waals surface area contributed by atoms with E-state index in [4.69, 9.17) is 0 Å². The Morgan fingerprint density at radius 2 is 1.68 bits per heavy atom. The number of nitrogens with zero attached hydrogens (tertiary/aromatic N) is 4. The number of aliphatic hydroxyl groups is 1. The Morgan fingerprint density at radius 1 is 1.04 bits per heavy atom. The van der Waals surface area contributed by atoms with Crippen molar-refractivity contribution in [1.29, 1.82) is 0 Å². The van der Waals surface area contributed by atoms with E-state index in [1.165, 1.54) is 21.0 Å². The topological polar surface area (TPSA) is 96.4 Å². The van der Waals surface area contributed by atoms with Crippen LogP contribution in [-0.4, -0.2) is 103 Å². The lowest BCUT2D eigenvalue weighted by atomic mass is 10.0. The van der Waals surface area contributed by atoms with Crippen molar-refractivity contribution in [2.24, 2.45) is 0 Å². The van der Waals surface area contributed by atoms with Crippen LogP contribution in [0.4, 0.5) is 8.78 Å². The predicted molar refractivity (Wildman–Crippen MR) is 202 cm³/mol. The summed E-state index contributed by atoms with van der Waals surface area (Å²) < 4.78 is 22.0. The minimum atomic E-state index is -0.723. The Morgan fingerprint density at radius 3 is 2.26 bits per heavy atom. The van der Waals surface area contributed by atoms with Gasteiger partial charge in [-0.05, 0) is 69.9 Å². The average Bonchev–Trinajstić information content (AvgIpc) is 3.46. The van der Waals surface area contributed by atoms with Crippen molar-refractivity contribution in [1.82, 2.24) is 25.1 Å². The van der Waals surface area contributed by atoms with E-state index in [0.717, 1.165) is 18.5 Å². The van der Waals surface area contributed by atoms with Gasteiger partial charge in [0.2, 0.25) is 18.7 Å². The van der Waals surface area contributed by atoms with Crippen LogP contribution in [0, 0.1) is 0 Å². The van der Waals surface area contributed by atoms with Gasteiger partial charge < -0.3 is 20.2 Å². The lowest BCUT2D eigenvalue weighted by Gasteiger charge is -2.49. The van der Waals surface area contributed by atoms with Crippen molar-refractivity contribution < 1.29 is 28.3 Å². The average molecular weight is 704 g/mol. The number of halogens is 2. The second-order valence-corrected chi connectivity index (χ2v) is 11.1. The Labute approximate surface area is 300 Å². The molecule has 0 bridgehead atoms. The van der Waals surface area contributed by atoms with Gasteiger partial charge in [-0.25, -0.2) is 9.40 Å². The van der Waals surface area contributed by atoms with Crippen molar-refractivity contribution >= 4 is 18.7 Å². The maximum Gasteiger partial charge on any atom is 0.240 e. The van der Waals surface area contributed by atoms with E-state index in [9.17, 15) is 28.3 Å². The van der Waals surface area contributed by atoms with E-state index in [1.807, 2.05) is 85.0 Å². The third-order valence-electron chi connectivity index (χ3n) is 7.29. The third-order valence-corrected chi connectivity index (χ3v) is 7.29. The van der Waals surface area contributed by atoms with Crippen LogP contribution in [0.25, 0.3) is 0 Å². The van der Waals surface area contributed by atoms with Gasteiger partial charge in [0.15, 0.2) is 0 Å². The first-order valence-corrected chi connectivity index (χ1v) is 17.3. The van der Waals surface area contributed by atoms with Crippen LogP contribution in [-0.2, 0) is 20.9 Å². The Hall–Kier alpha value is -4.09. The highest BCUT2D eigenvalue weighted by Gasteiger charge is 2.39. The highest BCUT2D eigenvalue weighted by molar-refractivity contribution is 5.80. The number of allylic oxidation sites excluding steroid dienone is 8. The molecule has 2 unspecified atom stereocenters. The number of rotatable bonds is 9. The molecule has 0 spiro atoms. The molecule has 50 heavy (non-hydrogen) atoms. The fourth-order valence-electron chi connectivity index (χ4n) is 4.98. The summed E-state index contributed by atoms with van der Waals surface area (Å²) in [6, 6.07) is 10.2. The molecule has 4 rings (SSSR count). The summed E-state index contributed by atoms with van der Waals surface area (Å²) in [4.78, 5) is 38.4. The molecule has 1 fully saturated rings. The first kappa shape index (κ1) is 48.0. The van der Waals surface area contributed by atoms with Gasteiger partial charge >= 0.3 is 0 Å². The van der Waals surface area contributed by atoms with Crippen LogP contribution in [0.1, 0.15) is 72.8 Å². The molecule has 11 heteroatoms. The van der Waals surface area contributed by atoms with Crippen molar-refractivity contribution in [2.75, 3.05) is 41.4 Å². The number of hydrogen-bond donors (Lipinski definition) is 2. The summed E-state index contributed by atoms with van der Waals surface area (Å²) in [6.07, 6.45) is 15.5. The third kappa shape index (κ3) is 19.2. The Balaban J connectivity index is 0. The Kier molecular flexibility index (Phi) is 28.6. The molecule has 1 heterocycles. The smallest absolute Gasteiger partial charge is 0.240 e. The molecular formula is C39H63F2N5O4. The highest BCUT2D eigenvalue weighted by Crippen LogP contribution is 2.23. The maximum absolute atomic E-state index is 12.7. The van der Waals surface area contributed by atoms with Crippen LogP contribution >= 0.6 is 0 Å². The molecule has 3 aliphatic rings. The minimum absolute atomic E-state index is 0.0958. The zero-order valence-electron chi connectivity index (χ0n) is 32.0. The van der Waals surface area contributed by atoms with Crippen LogP contribution in [0.15, 0.2) is 89.8 Å². The first-order valence-electron chi connectivity index (χ1n) is 17.3. The number of carbonyl (C=O) groups excluding carboxylic acids is 3. The quantitative estimate of drug-likeness (QED) is 0.262. The van der Waals surface area contributed by atoms with Gasteiger partial charge in [0, 0.05) is 26.7 Å². The summed E-state index contributed by atoms with van der Waals surface area (Å²) in [5.74, 6) is 0.124. The molecule has 0 saturated carbocycles. The van der Waals surface area contributed by atoms with Gasteiger partial charge in [-0.1, -0.05) is 94.0 Å². The van der Waals surface area contributed by atoms with E-state index in [-0.39, 0.29) is 30.8 Å². The molecule has 3 atom stereocenters. The number of alkyl halides is 2. The van der Waals surface area contributed by atoms with E-state index in [2.05, 4.69) is 23.5 Å². The number of aliphatic hydroxyl groups excluding tert-OH is 1. The lowest BCUT2D eigenvalue weighted by molar-refractivity contribution is -0.183. The van der Waals surface area contributed by atoms with Crippen molar-refractivity contribution in [3.8, 4) is 0 Å². The molecule has 1 saturated heterocycles. The zero-order valence-corrected chi connectivity index (χ0v) is 32.0. The van der Waals surface area contributed by atoms with Crippen LogP contribution < -0.4 is 5.32 Å². The molecule has 2 aliphatic carbocycles. The van der Waals surface area contributed by atoms with Crippen molar-refractivity contribution in [2.45, 2.75) is 92.1 Å². The van der Waals surface area contributed by atoms with Gasteiger partial charge in [-0.2, -0.15) is 0 Å². The lowest BCUT2D eigenvalue weighted by Crippen LogP contribution is -2.68. The SMILES string of the molecule is CC.CC.CC1=CCCC(F)C=C1.CF.CNCc1ccccc1.C[C@H](CC1=CCC=C(O)C=C1)N1C(=O)CN(C)N(C=O)C1CN(C)C=O. The molecule has 0 aromatic heterocycles. The fourth-order valence-corrected chi connectivity index (χ4v) is 4.98. The molecule has 0 radical (unpaired) electrons. The number of hydrogen-bond acceptors (Lipinski definition) is 6. The number of amides is 3. The van der Waals surface area contributed by atoms with E-state index in [1.54, 1.807) is 42.2 Å². The summed E-state index contributed by atoms with van der Waals surface area (Å²) in [7, 11) is 5.74. The maximum atomic E-state index is 12.7. The number of likely N-dealkylation sites (N-methyl/N-ethyl adjacent to an activating group) is 2. The molecule has 3 amide bonds. The number of hydrazine groups is 1. The summed E-state index contributed by atoms with van der Waals surface area (Å²) in [5, 5.41) is 15.7. The number of carbonyl (C=O) groups is 3. The van der Waals surface area contributed by atoms with E-state index < -0.39 is 12.3 Å². The van der Waals surface area contributed by atoms with Crippen LogP contribution in [0.2, 0.25) is 0 Å². The molecule has 282 valence electrons. The highest BCUT2D eigenvalue weighted by atomic mass is 19.1. The molecular weight excluding hydrogens is 640 g/mol. The second kappa shape index (κ2) is 29.8. The molecule has 1 aromatic carbocycles. The first-order chi connectivity index (χ1) is 24.1. The monoisotopic (exact) mass is 703 g/mol. The summed E-state index contributed by atoms with van der Waals surface area (Å²) in [6.45, 7) is 13.2. The number of nitrogens with one attached hydrogen (secondary N) is 1. The Bertz CT molecular complexity index is 1220. The minimum Gasteiger partial charge on any atom is -0.508 e. The van der Waals surface area contributed by atoms with Gasteiger partial charge in [-0.15, -0.1) is 0 Å². The second-order valence-electron chi connectivity index (χ2n) is 11.1. The normalized spacial score (nSPS) is 18.6. The molecule has 1 aromatic rings. The van der Waals surface area contributed by atoms with Gasteiger partial charge in [0.1, 0.15) is 18.1 Å². The van der Waals surface area contributed by atoms with Crippen LogP contribution in [0.5, 0.6) is 0 Å². The fraction of sp³-hybridized carbons (Fsp3) is 0.513. The van der Waals surface area contributed by atoms with Gasteiger partial charge in [0.05, 0.1) is 20.3 Å². The molecule has 2 N–H and O–H groups in total. The van der Waals surface area contributed by atoms with E-state index >= 15 is 0 Å². The molecule has 1 aliphatic heterocycles. The summed E-state index contributed by atoms with van der Waals surface area (Å²) in [5.41, 5.74) is 3.51. The zero-order chi connectivity index (χ0) is 38.5. The van der Waals surface area contributed by atoms with Crippen molar-refractivity contribution in [3.63, 3.8) is 0 Å². The largest absolute Gasteiger partial charge is 0.508 e. The van der Waals surface area contributed by atoms with Gasteiger partial charge in [0.25, 0.3) is 0 Å².